The Morgan fingerprint density at radius 1 is 0.964 bits per heavy atom. The molecule has 5 rings (SSSR count). The number of nitrogens with zero attached hydrogens (tertiary/aromatic N) is 4. The zero-order valence-corrected chi connectivity index (χ0v) is 17.5. The van der Waals surface area contributed by atoms with E-state index < -0.39 is 0 Å². The summed E-state index contributed by atoms with van der Waals surface area (Å²) in [7, 11) is 0. The lowest BCUT2D eigenvalue weighted by molar-refractivity contribution is 0.624. The van der Waals surface area contributed by atoms with E-state index in [1.54, 1.807) is 6.07 Å². The SMILES string of the molecule is Fc1ccc(N2CCN(c3nc(C4CC4)nc4ccc(Br)cc34)CC2)c(Cl)c1. The van der Waals surface area contributed by atoms with Crippen LogP contribution < -0.4 is 9.80 Å². The highest BCUT2D eigenvalue weighted by molar-refractivity contribution is 9.10. The Bertz CT molecular complexity index is 1050. The van der Waals surface area contributed by atoms with E-state index in [0.717, 1.165) is 58.9 Å². The molecule has 28 heavy (non-hydrogen) atoms. The molecular weight excluding hydrogens is 443 g/mol. The molecule has 0 radical (unpaired) electrons. The van der Waals surface area contributed by atoms with Gasteiger partial charge < -0.3 is 9.80 Å². The highest BCUT2D eigenvalue weighted by Crippen LogP contribution is 2.40. The molecular formula is C21H19BrClFN4. The Balaban J connectivity index is 1.44. The lowest BCUT2D eigenvalue weighted by Gasteiger charge is -2.37. The molecule has 3 aromatic rings. The molecule has 0 bridgehead atoms. The Morgan fingerprint density at radius 3 is 2.43 bits per heavy atom. The van der Waals surface area contributed by atoms with Crippen LogP contribution in [0.4, 0.5) is 15.9 Å². The first-order chi connectivity index (χ1) is 13.6. The van der Waals surface area contributed by atoms with Crippen molar-refractivity contribution in [2.45, 2.75) is 18.8 Å². The van der Waals surface area contributed by atoms with E-state index in [0.29, 0.717) is 10.9 Å². The molecule has 2 fully saturated rings. The van der Waals surface area contributed by atoms with Crippen molar-refractivity contribution in [1.82, 2.24) is 9.97 Å². The van der Waals surface area contributed by atoms with E-state index in [1.165, 1.54) is 25.0 Å². The van der Waals surface area contributed by atoms with E-state index >= 15 is 0 Å². The van der Waals surface area contributed by atoms with Crippen LogP contribution in [0.5, 0.6) is 0 Å². The number of anilines is 2. The first-order valence-electron chi connectivity index (χ1n) is 9.50. The molecule has 2 aromatic carbocycles. The smallest absolute Gasteiger partial charge is 0.140 e. The maximum atomic E-state index is 13.4. The minimum atomic E-state index is -0.307. The van der Waals surface area contributed by atoms with E-state index in [4.69, 9.17) is 21.6 Å². The molecule has 0 spiro atoms. The van der Waals surface area contributed by atoms with Crippen LogP contribution in [0, 0.1) is 5.82 Å². The van der Waals surface area contributed by atoms with Gasteiger partial charge in [-0.3, -0.25) is 0 Å². The summed E-state index contributed by atoms with van der Waals surface area (Å²) in [6, 6.07) is 10.8. The lowest BCUT2D eigenvalue weighted by atomic mass is 10.2. The van der Waals surface area contributed by atoms with Gasteiger partial charge >= 0.3 is 0 Å². The van der Waals surface area contributed by atoms with Gasteiger partial charge in [0.05, 0.1) is 16.2 Å². The lowest BCUT2D eigenvalue weighted by Crippen LogP contribution is -2.47. The molecule has 2 aliphatic rings. The van der Waals surface area contributed by atoms with Gasteiger partial charge in [-0.1, -0.05) is 27.5 Å². The third-order valence-corrected chi connectivity index (χ3v) is 6.22. The molecule has 4 nitrogen and oxygen atoms in total. The van der Waals surface area contributed by atoms with Gasteiger partial charge in [0.2, 0.25) is 0 Å². The average molecular weight is 462 g/mol. The van der Waals surface area contributed by atoms with Gasteiger partial charge in [-0.05, 0) is 49.2 Å². The Morgan fingerprint density at radius 2 is 1.71 bits per heavy atom. The minimum Gasteiger partial charge on any atom is -0.367 e. The molecule has 144 valence electrons. The first kappa shape index (κ1) is 18.1. The number of fused-ring (bicyclic) bond motifs is 1. The highest BCUT2D eigenvalue weighted by Gasteiger charge is 2.29. The van der Waals surface area contributed by atoms with Crippen LogP contribution in [-0.2, 0) is 0 Å². The van der Waals surface area contributed by atoms with E-state index in [1.807, 2.05) is 6.07 Å². The minimum absolute atomic E-state index is 0.307. The van der Waals surface area contributed by atoms with Crippen molar-refractivity contribution < 1.29 is 4.39 Å². The van der Waals surface area contributed by atoms with Crippen LogP contribution >= 0.6 is 27.5 Å². The number of rotatable bonds is 3. The van der Waals surface area contributed by atoms with Crippen molar-refractivity contribution in [2.24, 2.45) is 0 Å². The molecule has 0 atom stereocenters. The van der Waals surface area contributed by atoms with Gasteiger partial charge in [0.25, 0.3) is 0 Å². The summed E-state index contributed by atoms with van der Waals surface area (Å²) < 4.78 is 14.4. The zero-order chi connectivity index (χ0) is 19.3. The molecule has 1 aliphatic carbocycles. The third kappa shape index (κ3) is 3.44. The quantitative estimate of drug-likeness (QED) is 0.523. The molecule has 0 amide bonds. The highest BCUT2D eigenvalue weighted by atomic mass is 79.9. The summed E-state index contributed by atoms with van der Waals surface area (Å²) in [5.74, 6) is 2.18. The molecule has 1 aliphatic heterocycles. The van der Waals surface area contributed by atoms with Crippen LogP contribution in [0.3, 0.4) is 0 Å². The number of halogens is 3. The van der Waals surface area contributed by atoms with Gasteiger partial charge in [0.15, 0.2) is 0 Å². The second-order valence-electron chi connectivity index (χ2n) is 7.41. The summed E-state index contributed by atoms with van der Waals surface area (Å²) in [6.07, 6.45) is 2.36. The van der Waals surface area contributed by atoms with Crippen LogP contribution in [0.2, 0.25) is 5.02 Å². The Hall–Kier alpha value is -1.92. The van der Waals surface area contributed by atoms with Crippen molar-refractivity contribution in [2.75, 3.05) is 36.0 Å². The monoisotopic (exact) mass is 460 g/mol. The van der Waals surface area contributed by atoms with Crippen LogP contribution in [-0.4, -0.2) is 36.1 Å². The van der Waals surface area contributed by atoms with Crippen molar-refractivity contribution in [3.63, 3.8) is 0 Å². The molecule has 1 saturated heterocycles. The maximum Gasteiger partial charge on any atom is 0.140 e. The average Bonchev–Trinajstić information content (AvgIpc) is 3.53. The normalized spacial score (nSPS) is 17.4. The van der Waals surface area contributed by atoms with Gasteiger partial charge in [0, 0.05) is 42.0 Å². The fourth-order valence-electron chi connectivity index (χ4n) is 3.76. The molecule has 7 heteroatoms. The third-order valence-electron chi connectivity index (χ3n) is 5.43. The summed E-state index contributed by atoms with van der Waals surface area (Å²) in [6.45, 7) is 3.28. The van der Waals surface area contributed by atoms with Crippen molar-refractivity contribution in [3.8, 4) is 0 Å². The number of aromatic nitrogens is 2. The summed E-state index contributed by atoms with van der Waals surface area (Å²) >= 11 is 9.83. The van der Waals surface area contributed by atoms with Crippen molar-refractivity contribution in [1.29, 1.82) is 0 Å². The van der Waals surface area contributed by atoms with E-state index in [9.17, 15) is 4.39 Å². The van der Waals surface area contributed by atoms with Crippen molar-refractivity contribution in [3.05, 3.63) is 57.5 Å². The first-order valence-corrected chi connectivity index (χ1v) is 10.7. The molecule has 1 aromatic heterocycles. The van der Waals surface area contributed by atoms with Crippen LogP contribution in [0.25, 0.3) is 10.9 Å². The Labute approximate surface area is 176 Å². The molecule has 2 heterocycles. The van der Waals surface area contributed by atoms with Crippen molar-refractivity contribution >= 4 is 49.9 Å². The number of piperazine rings is 1. The van der Waals surface area contributed by atoms with Crippen LogP contribution in [0.1, 0.15) is 24.6 Å². The Kier molecular flexibility index (Phi) is 4.63. The van der Waals surface area contributed by atoms with Gasteiger partial charge in [-0.25, -0.2) is 14.4 Å². The standard InChI is InChI=1S/C21H19BrClFN4/c22-14-3-5-18-16(11-14)21(26-20(25-18)13-1-2-13)28-9-7-27(8-10-28)19-6-4-15(24)12-17(19)23/h3-6,11-13H,1-2,7-10H2. The fourth-order valence-corrected chi connectivity index (χ4v) is 4.41. The summed E-state index contributed by atoms with van der Waals surface area (Å²) in [5, 5.41) is 1.54. The zero-order valence-electron chi connectivity index (χ0n) is 15.2. The number of benzene rings is 2. The number of hydrogen-bond acceptors (Lipinski definition) is 4. The van der Waals surface area contributed by atoms with Gasteiger partial charge in [-0.15, -0.1) is 0 Å². The maximum absolute atomic E-state index is 13.4. The molecule has 1 saturated carbocycles. The largest absolute Gasteiger partial charge is 0.367 e. The fraction of sp³-hybridized carbons (Fsp3) is 0.333. The van der Waals surface area contributed by atoms with Crippen LogP contribution in [0.15, 0.2) is 40.9 Å². The molecule has 0 N–H and O–H groups in total. The predicted octanol–water partition coefficient (Wildman–Crippen LogP) is 5.39. The predicted molar refractivity (Wildman–Crippen MR) is 115 cm³/mol. The number of hydrogen-bond donors (Lipinski definition) is 0. The molecule has 0 unspecified atom stereocenters. The van der Waals surface area contributed by atoms with E-state index in [-0.39, 0.29) is 5.82 Å². The van der Waals surface area contributed by atoms with E-state index in [2.05, 4.69) is 37.9 Å². The summed E-state index contributed by atoms with van der Waals surface area (Å²) in [4.78, 5) is 14.3. The second-order valence-corrected chi connectivity index (χ2v) is 8.73. The summed E-state index contributed by atoms with van der Waals surface area (Å²) in [5.41, 5.74) is 1.88. The second kappa shape index (κ2) is 7.16. The van der Waals surface area contributed by atoms with Gasteiger partial charge in [0.1, 0.15) is 17.5 Å². The van der Waals surface area contributed by atoms with Gasteiger partial charge in [-0.2, -0.15) is 0 Å². The topological polar surface area (TPSA) is 32.3 Å².